The molecule has 3 heterocycles. The molecule has 1 aromatic heterocycles. The van der Waals surface area contributed by atoms with E-state index in [4.69, 9.17) is 0 Å². The van der Waals surface area contributed by atoms with Gasteiger partial charge in [0, 0.05) is 46.5 Å². The van der Waals surface area contributed by atoms with Gasteiger partial charge in [-0.15, -0.1) is 0 Å². The molecule has 0 radical (unpaired) electrons. The van der Waals surface area contributed by atoms with Gasteiger partial charge >= 0.3 is 0 Å². The van der Waals surface area contributed by atoms with Crippen molar-refractivity contribution in [3.8, 4) is 0 Å². The largest absolute Gasteiger partial charge is 0.347 e. The number of amides is 1. The van der Waals surface area contributed by atoms with Crippen LogP contribution in [-0.2, 0) is 0 Å². The second-order valence-corrected chi connectivity index (χ2v) is 5.95. The van der Waals surface area contributed by atoms with Crippen LogP contribution in [0.1, 0.15) is 16.1 Å². The monoisotopic (exact) mass is 275 g/mol. The normalized spacial score (nSPS) is 24.9. The first-order chi connectivity index (χ1) is 9.56. The number of likely N-dealkylation sites (tertiary alicyclic amines) is 1. The van der Waals surface area contributed by atoms with Crippen LogP contribution in [0.4, 0.5) is 5.95 Å². The number of carbonyl (C=O) groups is 1. The summed E-state index contributed by atoms with van der Waals surface area (Å²) in [7, 11) is 3.79. The zero-order chi connectivity index (χ0) is 14.3. The van der Waals surface area contributed by atoms with E-state index in [1.165, 1.54) is 0 Å². The Kier molecular flexibility index (Phi) is 3.33. The van der Waals surface area contributed by atoms with Crippen LogP contribution in [-0.4, -0.2) is 61.0 Å². The summed E-state index contributed by atoms with van der Waals surface area (Å²) < 4.78 is 0. The molecule has 6 nitrogen and oxygen atoms in total. The number of fused-ring (bicyclic) bond motifs is 1. The zero-order valence-corrected chi connectivity index (χ0v) is 12.3. The number of anilines is 1. The molecule has 2 aliphatic heterocycles. The maximum Gasteiger partial charge on any atom is 0.257 e. The first kappa shape index (κ1) is 13.3. The van der Waals surface area contributed by atoms with Crippen LogP contribution in [0.15, 0.2) is 6.20 Å². The number of nitrogens with zero attached hydrogens (tertiary/aromatic N) is 4. The SMILES string of the molecule is Cc1nc(N(C)C)ncc1C(=O)N1C[C@H]2CNC[C@H]2C1. The number of hydrogen-bond acceptors (Lipinski definition) is 5. The molecule has 0 saturated carbocycles. The summed E-state index contributed by atoms with van der Waals surface area (Å²) in [4.78, 5) is 25.0. The van der Waals surface area contributed by atoms with Gasteiger partial charge in [0.2, 0.25) is 5.95 Å². The molecule has 1 N–H and O–H groups in total. The summed E-state index contributed by atoms with van der Waals surface area (Å²) >= 11 is 0. The van der Waals surface area contributed by atoms with Crippen molar-refractivity contribution >= 4 is 11.9 Å². The van der Waals surface area contributed by atoms with Crippen LogP contribution in [0.3, 0.4) is 0 Å². The molecule has 0 unspecified atom stereocenters. The van der Waals surface area contributed by atoms with Crippen molar-refractivity contribution in [2.45, 2.75) is 6.92 Å². The van der Waals surface area contributed by atoms with Crippen LogP contribution in [0.5, 0.6) is 0 Å². The molecule has 3 rings (SSSR count). The minimum atomic E-state index is 0.0715. The molecular formula is C14H21N5O. The summed E-state index contributed by atoms with van der Waals surface area (Å²) in [5.41, 5.74) is 1.38. The Morgan fingerprint density at radius 2 is 2.00 bits per heavy atom. The predicted octanol–water partition coefficient (Wildman–Crippen LogP) is 0.142. The van der Waals surface area contributed by atoms with Crippen molar-refractivity contribution in [1.82, 2.24) is 20.2 Å². The predicted molar refractivity (Wildman–Crippen MR) is 76.8 cm³/mol. The Hall–Kier alpha value is -1.69. The Balaban J connectivity index is 1.77. The third-order valence-corrected chi connectivity index (χ3v) is 4.27. The highest BCUT2D eigenvalue weighted by Crippen LogP contribution is 2.27. The number of carbonyl (C=O) groups excluding carboxylic acids is 1. The second-order valence-electron chi connectivity index (χ2n) is 5.95. The van der Waals surface area contributed by atoms with Crippen LogP contribution in [0, 0.1) is 18.8 Å². The van der Waals surface area contributed by atoms with Gasteiger partial charge in [0.25, 0.3) is 5.91 Å². The topological polar surface area (TPSA) is 61.4 Å². The summed E-state index contributed by atoms with van der Waals surface area (Å²) in [5.74, 6) is 1.94. The first-order valence-corrected chi connectivity index (χ1v) is 7.07. The van der Waals surface area contributed by atoms with E-state index in [2.05, 4.69) is 15.3 Å². The minimum Gasteiger partial charge on any atom is -0.347 e. The van der Waals surface area contributed by atoms with Crippen LogP contribution in [0.2, 0.25) is 0 Å². The number of rotatable bonds is 2. The van der Waals surface area contributed by atoms with Gasteiger partial charge in [0.15, 0.2) is 0 Å². The van der Waals surface area contributed by atoms with Crippen molar-refractivity contribution in [2.24, 2.45) is 11.8 Å². The third-order valence-electron chi connectivity index (χ3n) is 4.27. The Morgan fingerprint density at radius 3 is 2.55 bits per heavy atom. The van der Waals surface area contributed by atoms with Gasteiger partial charge in [-0.05, 0) is 18.8 Å². The highest BCUT2D eigenvalue weighted by molar-refractivity contribution is 5.95. The molecule has 2 aliphatic rings. The molecule has 2 saturated heterocycles. The van der Waals surface area contributed by atoms with Gasteiger partial charge in [-0.1, -0.05) is 0 Å². The van der Waals surface area contributed by atoms with E-state index in [1.54, 1.807) is 6.20 Å². The maximum atomic E-state index is 12.6. The molecule has 6 heteroatoms. The molecule has 0 aliphatic carbocycles. The molecule has 2 fully saturated rings. The lowest BCUT2D eigenvalue weighted by molar-refractivity contribution is 0.0780. The Labute approximate surface area is 119 Å². The smallest absolute Gasteiger partial charge is 0.257 e. The van der Waals surface area contributed by atoms with Crippen LogP contribution < -0.4 is 10.2 Å². The zero-order valence-electron chi connectivity index (χ0n) is 12.3. The van der Waals surface area contributed by atoms with Gasteiger partial charge < -0.3 is 15.1 Å². The lowest BCUT2D eigenvalue weighted by Crippen LogP contribution is -2.32. The lowest BCUT2D eigenvalue weighted by Gasteiger charge is -2.19. The quantitative estimate of drug-likeness (QED) is 0.832. The number of aromatic nitrogens is 2. The fourth-order valence-corrected chi connectivity index (χ4v) is 3.07. The van der Waals surface area contributed by atoms with Gasteiger partial charge in [-0.25, -0.2) is 9.97 Å². The molecule has 0 bridgehead atoms. The lowest BCUT2D eigenvalue weighted by atomic mass is 10.0. The number of hydrogen-bond donors (Lipinski definition) is 1. The minimum absolute atomic E-state index is 0.0715. The maximum absolute atomic E-state index is 12.6. The Bertz CT molecular complexity index is 518. The average Bonchev–Trinajstić information content (AvgIpc) is 2.98. The first-order valence-electron chi connectivity index (χ1n) is 7.07. The van der Waals surface area contributed by atoms with Crippen LogP contribution >= 0.6 is 0 Å². The van der Waals surface area contributed by atoms with Crippen molar-refractivity contribution in [1.29, 1.82) is 0 Å². The average molecular weight is 275 g/mol. The summed E-state index contributed by atoms with van der Waals surface area (Å²) in [6, 6.07) is 0. The summed E-state index contributed by atoms with van der Waals surface area (Å²) in [6.45, 7) is 5.64. The van der Waals surface area contributed by atoms with Gasteiger partial charge in [-0.2, -0.15) is 0 Å². The molecule has 0 aromatic carbocycles. The van der Waals surface area contributed by atoms with E-state index in [1.807, 2.05) is 30.8 Å². The van der Waals surface area contributed by atoms with Gasteiger partial charge in [0.1, 0.15) is 0 Å². The van der Waals surface area contributed by atoms with E-state index >= 15 is 0 Å². The van der Waals surface area contributed by atoms with Crippen LogP contribution in [0.25, 0.3) is 0 Å². The standard InChI is InChI=1S/C14H21N5O/c1-9-12(6-16-14(17-9)18(2)3)13(20)19-7-10-4-15-5-11(10)8-19/h6,10-11,15H,4-5,7-8H2,1-3H3/t10-,11+. The van der Waals surface area contributed by atoms with Gasteiger partial charge in [-0.3, -0.25) is 4.79 Å². The van der Waals surface area contributed by atoms with E-state index in [9.17, 15) is 4.79 Å². The number of aryl methyl sites for hydroxylation is 1. The third kappa shape index (κ3) is 2.24. The molecular weight excluding hydrogens is 254 g/mol. The highest BCUT2D eigenvalue weighted by atomic mass is 16.2. The van der Waals surface area contributed by atoms with E-state index < -0.39 is 0 Å². The second kappa shape index (κ2) is 5.01. The van der Waals surface area contributed by atoms with Crippen molar-refractivity contribution in [2.75, 3.05) is 45.2 Å². The van der Waals surface area contributed by atoms with Crippen molar-refractivity contribution in [3.05, 3.63) is 17.5 Å². The summed E-state index contributed by atoms with van der Waals surface area (Å²) in [5, 5.41) is 3.39. The number of nitrogens with one attached hydrogen (secondary N) is 1. The molecule has 20 heavy (non-hydrogen) atoms. The fraction of sp³-hybridized carbons (Fsp3) is 0.643. The highest BCUT2D eigenvalue weighted by Gasteiger charge is 2.38. The molecule has 1 aromatic rings. The summed E-state index contributed by atoms with van der Waals surface area (Å²) in [6.07, 6.45) is 1.66. The fourth-order valence-electron chi connectivity index (χ4n) is 3.07. The molecule has 2 atom stereocenters. The molecule has 0 spiro atoms. The van der Waals surface area contributed by atoms with E-state index in [0.717, 1.165) is 31.9 Å². The Morgan fingerprint density at radius 1 is 1.35 bits per heavy atom. The van der Waals surface area contributed by atoms with Gasteiger partial charge in [0.05, 0.1) is 11.3 Å². The van der Waals surface area contributed by atoms with E-state index in [0.29, 0.717) is 23.3 Å². The molecule has 108 valence electrons. The van der Waals surface area contributed by atoms with Crippen molar-refractivity contribution < 1.29 is 4.79 Å². The van der Waals surface area contributed by atoms with E-state index in [-0.39, 0.29) is 5.91 Å². The molecule has 1 amide bonds. The van der Waals surface area contributed by atoms with Crippen molar-refractivity contribution in [3.63, 3.8) is 0 Å².